The molecule has 0 amide bonds. The summed E-state index contributed by atoms with van der Waals surface area (Å²) in [5.74, 6) is 0.247. The van der Waals surface area contributed by atoms with Crippen LogP contribution in [0.5, 0.6) is 0 Å². The molecule has 2 rings (SSSR count). The van der Waals surface area contributed by atoms with Crippen LogP contribution in [0.4, 0.5) is 5.13 Å². The molecule has 0 saturated heterocycles. The van der Waals surface area contributed by atoms with Gasteiger partial charge in [-0.3, -0.25) is 0 Å². The summed E-state index contributed by atoms with van der Waals surface area (Å²) in [6, 6.07) is 0. The minimum absolute atomic E-state index is 0.247. The standard InChI is InChI=1S/C11H16N2OS/c1-2-4-8-5-3-6-11(8,14)9-7-15-10(12)13-9/h2,7-8,14H,1,3-6H2,(H2,12,13). The summed E-state index contributed by atoms with van der Waals surface area (Å²) in [6.07, 6.45) is 5.59. The SMILES string of the molecule is C=CCC1CCCC1(O)c1csc(N)n1. The second-order valence-corrected chi connectivity index (χ2v) is 5.00. The highest BCUT2D eigenvalue weighted by Crippen LogP contribution is 2.45. The number of nitrogen functional groups attached to an aromatic ring is 1. The van der Waals surface area contributed by atoms with Crippen LogP contribution in [0.15, 0.2) is 18.0 Å². The van der Waals surface area contributed by atoms with Crippen molar-refractivity contribution in [3.05, 3.63) is 23.7 Å². The molecule has 82 valence electrons. The van der Waals surface area contributed by atoms with Crippen molar-refractivity contribution in [1.29, 1.82) is 0 Å². The second kappa shape index (κ2) is 3.94. The highest BCUT2D eigenvalue weighted by atomic mass is 32.1. The van der Waals surface area contributed by atoms with E-state index in [1.807, 2.05) is 11.5 Å². The van der Waals surface area contributed by atoms with Gasteiger partial charge < -0.3 is 10.8 Å². The lowest BCUT2D eigenvalue weighted by atomic mass is 9.86. The molecule has 0 radical (unpaired) electrons. The Morgan fingerprint density at radius 2 is 2.60 bits per heavy atom. The lowest BCUT2D eigenvalue weighted by molar-refractivity contribution is -0.00485. The van der Waals surface area contributed by atoms with Crippen LogP contribution in [0.3, 0.4) is 0 Å². The normalized spacial score (nSPS) is 30.6. The number of thiazole rings is 1. The number of hydrogen-bond donors (Lipinski definition) is 2. The molecule has 1 aliphatic carbocycles. The van der Waals surface area contributed by atoms with Gasteiger partial charge in [0, 0.05) is 5.38 Å². The monoisotopic (exact) mass is 224 g/mol. The van der Waals surface area contributed by atoms with Gasteiger partial charge in [0.2, 0.25) is 0 Å². The smallest absolute Gasteiger partial charge is 0.180 e. The van der Waals surface area contributed by atoms with Crippen molar-refractivity contribution >= 4 is 16.5 Å². The van der Waals surface area contributed by atoms with Crippen LogP contribution in [-0.2, 0) is 5.60 Å². The van der Waals surface area contributed by atoms with E-state index in [0.717, 1.165) is 31.4 Å². The molecule has 0 aliphatic heterocycles. The highest BCUT2D eigenvalue weighted by molar-refractivity contribution is 7.13. The van der Waals surface area contributed by atoms with Crippen molar-refractivity contribution < 1.29 is 5.11 Å². The Morgan fingerprint density at radius 3 is 3.20 bits per heavy atom. The van der Waals surface area contributed by atoms with E-state index in [4.69, 9.17) is 5.73 Å². The molecule has 1 aromatic rings. The highest BCUT2D eigenvalue weighted by Gasteiger charge is 2.43. The van der Waals surface area contributed by atoms with Crippen LogP contribution in [0, 0.1) is 5.92 Å². The summed E-state index contributed by atoms with van der Waals surface area (Å²) in [4.78, 5) is 4.21. The first-order chi connectivity index (χ1) is 7.16. The number of aromatic nitrogens is 1. The average molecular weight is 224 g/mol. The van der Waals surface area contributed by atoms with Gasteiger partial charge in [-0.15, -0.1) is 17.9 Å². The third kappa shape index (κ3) is 1.79. The van der Waals surface area contributed by atoms with Gasteiger partial charge >= 0.3 is 0 Å². The molecule has 2 atom stereocenters. The molecule has 15 heavy (non-hydrogen) atoms. The molecule has 2 unspecified atom stereocenters. The average Bonchev–Trinajstić information content (AvgIpc) is 2.76. The number of nitrogens with zero attached hydrogens (tertiary/aromatic N) is 1. The zero-order valence-corrected chi connectivity index (χ0v) is 9.46. The molecule has 1 aromatic heterocycles. The fourth-order valence-corrected chi connectivity index (χ4v) is 3.04. The van der Waals surface area contributed by atoms with Gasteiger partial charge in [-0.25, -0.2) is 4.98 Å². The van der Waals surface area contributed by atoms with E-state index in [1.54, 1.807) is 0 Å². The van der Waals surface area contributed by atoms with Crippen molar-refractivity contribution in [2.24, 2.45) is 5.92 Å². The molecule has 0 aromatic carbocycles. The van der Waals surface area contributed by atoms with E-state index >= 15 is 0 Å². The van der Waals surface area contributed by atoms with Crippen LogP contribution >= 0.6 is 11.3 Å². The molecule has 3 nitrogen and oxygen atoms in total. The third-order valence-corrected chi connectivity index (χ3v) is 3.88. The molecule has 3 N–H and O–H groups in total. The molecule has 1 heterocycles. The number of aliphatic hydroxyl groups is 1. The summed E-state index contributed by atoms with van der Waals surface area (Å²) < 4.78 is 0. The Morgan fingerprint density at radius 1 is 1.80 bits per heavy atom. The van der Waals surface area contributed by atoms with Gasteiger partial charge in [-0.2, -0.15) is 0 Å². The number of hydrogen-bond acceptors (Lipinski definition) is 4. The summed E-state index contributed by atoms with van der Waals surface area (Å²) in [7, 11) is 0. The number of nitrogens with two attached hydrogens (primary N) is 1. The molecule has 0 bridgehead atoms. The Kier molecular flexibility index (Phi) is 2.80. The van der Waals surface area contributed by atoms with Crippen molar-refractivity contribution in [2.75, 3.05) is 5.73 Å². The predicted octanol–water partition coefficient (Wildman–Crippen LogP) is 2.29. The predicted molar refractivity (Wildman–Crippen MR) is 62.6 cm³/mol. The lowest BCUT2D eigenvalue weighted by Gasteiger charge is -2.27. The quantitative estimate of drug-likeness (QED) is 0.774. The van der Waals surface area contributed by atoms with Crippen LogP contribution < -0.4 is 5.73 Å². The lowest BCUT2D eigenvalue weighted by Crippen LogP contribution is -2.30. The maximum absolute atomic E-state index is 10.6. The summed E-state index contributed by atoms with van der Waals surface area (Å²) in [6.45, 7) is 3.73. The zero-order chi connectivity index (χ0) is 10.9. The minimum atomic E-state index is -0.775. The van der Waals surface area contributed by atoms with E-state index in [2.05, 4.69) is 11.6 Å². The first-order valence-electron chi connectivity index (χ1n) is 5.21. The molecular weight excluding hydrogens is 208 g/mol. The van der Waals surface area contributed by atoms with Crippen LogP contribution in [0.25, 0.3) is 0 Å². The number of anilines is 1. The maximum atomic E-state index is 10.6. The minimum Gasteiger partial charge on any atom is -0.383 e. The Bertz CT molecular complexity index is 363. The summed E-state index contributed by atoms with van der Waals surface area (Å²) in [5.41, 5.74) is 5.57. The van der Waals surface area contributed by atoms with Crippen LogP contribution in [0.1, 0.15) is 31.4 Å². The Balaban J connectivity index is 2.27. The van der Waals surface area contributed by atoms with Crippen molar-refractivity contribution in [3.8, 4) is 0 Å². The maximum Gasteiger partial charge on any atom is 0.180 e. The van der Waals surface area contributed by atoms with Gasteiger partial charge in [0.15, 0.2) is 5.13 Å². The Hall–Kier alpha value is -0.870. The topological polar surface area (TPSA) is 59.1 Å². The van der Waals surface area contributed by atoms with Crippen molar-refractivity contribution in [2.45, 2.75) is 31.3 Å². The van der Waals surface area contributed by atoms with Crippen molar-refractivity contribution in [1.82, 2.24) is 4.98 Å². The Labute approximate surface area is 93.6 Å². The molecule has 4 heteroatoms. The number of rotatable bonds is 3. The fraction of sp³-hybridized carbons (Fsp3) is 0.545. The van der Waals surface area contributed by atoms with Gasteiger partial charge in [0.1, 0.15) is 5.60 Å². The van der Waals surface area contributed by atoms with E-state index in [9.17, 15) is 5.11 Å². The largest absolute Gasteiger partial charge is 0.383 e. The van der Waals surface area contributed by atoms with Gasteiger partial charge in [0.25, 0.3) is 0 Å². The van der Waals surface area contributed by atoms with E-state index < -0.39 is 5.60 Å². The van der Waals surface area contributed by atoms with Gasteiger partial charge in [0.05, 0.1) is 5.69 Å². The molecule has 1 saturated carbocycles. The van der Waals surface area contributed by atoms with E-state index in [-0.39, 0.29) is 5.92 Å². The van der Waals surface area contributed by atoms with Crippen LogP contribution in [0.2, 0.25) is 0 Å². The summed E-state index contributed by atoms with van der Waals surface area (Å²) >= 11 is 1.39. The van der Waals surface area contributed by atoms with Gasteiger partial charge in [-0.05, 0) is 31.6 Å². The van der Waals surface area contributed by atoms with Gasteiger partial charge in [-0.1, -0.05) is 6.08 Å². The first kappa shape index (κ1) is 10.6. The fourth-order valence-electron chi connectivity index (χ4n) is 2.40. The summed E-state index contributed by atoms with van der Waals surface area (Å²) in [5, 5.41) is 13.0. The number of allylic oxidation sites excluding steroid dienone is 1. The first-order valence-corrected chi connectivity index (χ1v) is 6.09. The third-order valence-electron chi connectivity index (χ3n) is 3.20. The van der Waals surface area contributed by atoms with E-state index in [0.29, 0.717) is 5.13 Å². The molecular formula is C11H16N2OS. The van der Waals surface area contributed by atoms with E-state index in [1.165, 1.54) is 11.3 Å². The zero-order valence-electron chi connectivity index (χ0n) is 8.65. The second-order valence-electron chi connectivity index (χ2n) is 4.11. The van der Waals surface area contributed by atoms with Crippen LogP contribution in [-0.4, -0.2) is 10.1 Å². The van der Waals surface area contributed by atoms with Crippen molar-refractivity contribution in [3.63, 3.8) is 0 Å². The molecule has 1 fully saturated rings. The molecule has 1 aliphatic rings. The molecule has 0 spiro atoms.